The first-order chi connectivity index (χ1) is 19.2. The van der Waals surface area contributed by atoms with E-state index < -0.39 is 12.1 Å². The van der Waals surface area contributed by atoms with Gasteiger partial charge in [-0.3, -0.25) is 0 Å². The number of nitrogens with zero attached hydrogens (tertiary/aromatic N) is 3. The second kappa shape index (κ2) is 27.0. The van der Waals surface area contributed by atoms with Crippen LogP contribution in [-0.2, 0) is 6.42 Å². The summed E-state index contributed by atoms with van der Waals surface area (Å²) in [4.78, 5) is 0. The maximum absolute atomic E-state index is 10.3. The molecule has 0 amide bonds. The van der Waals surface area contributed by atoms with Gasteiger partial charge in [-0.05, 0) is 19.3 Å². The second-order valence-corrected chi connectivity index (χ2v) is 11.8. The molecule has 0 aliphatic rings. The van der Waals surface area contributed by atoms with Gasteiger partial charge in [-0.15, -0.1) is 5.10 Å². The highest BCUT2D eigenvalue weighted by Gasteiger charge is 2.19. The third kappa shape index (κ3) is 20.3. The summed E-state index contributed by atoms with van der Waals surface area (Å²) in [7, 11) is 0. The predicted molar refractivity (Wildman–Crippen MR) is 167 cm³/mol. The molecular weight excluding hydrogens is 482 g/mol. The molecule has 0 saturated carbocycles. The first kappa shape index (κ1) is 35.8. The first-order valence-electron chi connectivity index (χ1n) is 17.1. The fourth-order valence-electron chi connectivity index (χ4n) is 5.38. The van der Waals surface area contributed by atoms with Crippen molar-refractivity contribution >= 4 is 0 Å². The SMILES string of the molecule is CCC/C=C/[C@@H](O)[C@H](CO)n1cc(CCCCCCCCCCCCCCCCCCCCCCCC)nn1. The smallest absolute Gasteiger partial charge is 0.106 e. The van der Waals surface area contributed by atoms with Crippen molar-refractivity contribution in [3.63, 3.8) is 0 Å². The van der Waals surface area contributed by atoms with E-state index in [1.54, 1.807) is 10.8 Å². The zero-order valence-corrected chi connectivity index (χ0v) is 26.0. The molecule has 5 nitrogen and oxygen atoms in total. The van der Waals surface area contributed by atoms with E-state index in [1.807, 2.05) is 12.3 Å². The lowest BCUT2D eigenvalue weighted by Gasteiger charge is -2.17. The summed E-state index contributed by atoms with van der Waals surface area (Å²) in [6.45, 7) is 4.24. The van der Waals surface area contributed by atoms with Crippen LogP contribution in [0.3, 0.4) is 0 Å². The molecule has 2 N–H and O–H groups in total. The number of unbranched alkanes of at least 4 members (excludes halogenated alkanes) is 22. The van der Waals surface area contributed by atoms with Gasteiger partial charge in [0.2, 0.25) is 0 Å². The highest BCUT2D eigenvalue weighted by atomic mass is 16.3. The van der Waals surface area contributed by atoms with Crippen molar-refractivity contribution in [2.75, 3.05) is 6.61 Å². The van der Waals surface area contributed by atoms with Gasteiger partial charge in [0, 0.05) is 6.20 Å². The zero-order valence-electron chi connectivity index (χ0n) is 26.0. The Morgan fingerprint density at radius 2 is 1.10 bits per heavy atom. The van der Waals surface area contributed by atoms with E-state index >= 15 is 0 Å². The minimum absolute atomic E-state index is 0.153. The summed E-state index contributed by atoms with van der Waals surface area (Å²) in [5.74, 6) is 0. The number of hydrogen-bond acceptors (Lipinski definition) is 4. The molecule has 1 heterocycles. The number of aliphatic hydroxyl groups is 2. The van der Waals surface area contributed by atoms with Gasteiger partial charge < -0.3 is 10.2 Å². The quantitative estimate of drug-likeness (QED) is 0.0773. The molecule has 1 rings (SSSR count). The number of aryl methyl sites for hydroxylation is 1. The molecule has 0 unspecified atom stereocenters. The number of rotatable bonds is 29. The molecule has 0 spiro atoms. The highest BCUT2D eigenvalue weighted by Crippen LogP contribution is 2.16. The number of aromatic nitrogens is 3. The Labute approximate surface area is 242 Å². The van der Waals surface area contributed by atoms with Crippen LogP contribution in [-0.4, -0.2) is 37.9 Å². The molecular formula is C34H65N3O2. The Bertz CT molecular complexity index is 661. The molecule has 0 aliphatic heterocycles. The standard InChI is InChI=1S/C34H65N3O2/c1-3-5-7-8-9-10-11-12-13-14-15-16-17-18-19-20-21-22-23-24-25-27-28-32-30-37(36-35-32)33(31-38)34(39)29-26-6-4-2/h26,29-30,33-34,38-39H,3-25,27-28,31H2,1-2H3/b29-26+/t33-,34+/m0/s1. The lowest BCUT2D eigenvalue weighted by Crippen LogP contribution is -2.26. The molecule has 39 heavy (non-hydrogen) atoms. The van der Waals surface area contributed by atoms with Gasteiger partial charge in [0.15, 0.2) is 0 Å². The third-order valence-electron chi connectivity index (χ3n) is 8.05. The van der Waals surface area contributed by atoms with Gasteiger partial charge in [0.25, 0.3) is 0 Å². The van der Waals surface area contributed by atoms with Gasteiger partial charge in [-0.2, -0.15) is 0 Å². The summed E-state index contributed by atoms with van der Waals surface area (Å²) < 4.78 is 1.62. The fraction of sp³-hybridized carbons (Fsp3) is 0.882. The summed E-state index contributed by atoms with van der Waals surface area (Å²) >= 11 is 0. The summed E-state index contributed by atoms with van der Waals surface area (Å²) in [5, 5.41) is 28.4. The number of hydrogen-bond donors (Lipinski definition) is 2. The van der Waals surface area contributed by atoms with Crippen LogP contribution in [0.4, 0.5) is 0 Å². The van der Waals surface area contributed by atoms with E-state index in [-0.39, 0.29) is 6.61 Å². The first-order valence-corrected chi connectivity index (χ1v) is 17.1. The Balaban J connectivity index is 1.87. The van der Waals surface area contributed by atoms with E-state index in [0.717, 1.165) is 31.4 Å². The Kier molecular flexibility index (Phi) is 24.8. The Morgan fingerprint density at radius 1 is 0.667 bits per heavy atom. The Morgan fingerprint density at radius 3 is 1.51 bits per heavy atom. The van der Waals surface area contributed by atoms with Crippen LogP contribution < -0.4 is 0 Å². The fourth-order valence-corrected chi connectivity index (χ4v) is 5.38. The van der Waals surface area contributed by atoms with Gasteiger partial charge in [-0.1, -0.05) is 172 Å². The molecule has 1 aromatic heterocycles. The molecule has 5 heteroatoms. The van der Waals surface area contributed by atoms with Crippen LogP contribution in [0.2, 0.25) is 0 Å². The lowest BCUT2D eigenvalue weighted by molar-refractivity contribution is 0.0974. The van der Waals surface area contributed by atoms with Crippen molar-refractivity contribution in [3.8, 4) is 0 Å². The molecule has 0 saturated heterocycles. The Hall–Kier alpha value is -1.20. The molecule has 0 aliphatic carbocycles. The molecule has 0 radical (unpaired) electrons. The van der Waals surface area contributed by atoms with Crippen LogP contribution in [0, 0.1) is 0 Å². The number of aliphatic hydroxyl groups excluding tert-OH is 2. The minimum Gasteiger partial charge on any atom is -0.394 e. The maximum Gasteiger partial charge on any atom is 0.106 e. The normalized spacial score (nSPS) is 13.4. The second-order valence-electron chi connectivity index (χ2n) is 11.8. The van der Waals surface area contributed by atoms with Crippen molar-refractivity contribution in [1.29, 1.82) is 0 Å². The van der Waals surface area contributed by atoms with Crippen molar-refractivity contribution in [2.45, 2.75) is 187 Å². The van der Waals surface area contributed by atoms with Crippen molar-refractivity contribution < 1.29 is 10.2 Å². The summed E-state index contributed by atoms with van der Waals surface area (Å²) in [5.41, 5.74) is 0.950. The van der Waals surface area contributed by atoms with E-state index in [2.05, 4.69) is 24.2 Å². The van der Waals surface area contributed by atoms with Crippen molar-refractivity contribution in [2.24, 2.45) is 0 Å². The van der Waals surface area contributed by atoms with Crippen molar-refractivity contribution in [3.05, 3.63) is 24.0 Å². The average molecular weight is 548 g/mol. The molecule has 0 bridgehead atoms. The van der Waals surface area contributed by atoms with Crippen LogP contribution in [0.5, 0.6) is 0 Å². The van der Waals surface area contributed by atoms with Gasteiger partial charge in [0.1, 0.15) is 6.04 Å². The molecule has 1 aromatic rings. The van der Waals surface area contributed by atoms with Crippen LogP contribution >= 0.6 is 0 Å². The topological polar surface area (TPSA) is 71.2 Å². The average Bonchev–Trinajstić information content (AvgIpc) is 3.40. The van der Waals surface area contributed by atoms with E-state index in [4.69, 9.17) is 0 Å². The molecule has 2 atom stereocenters. The molecule has 228 valence electrons. The van der Waals surface area contributed by atoms with E-state index in [0.29, 0.717) is 0 Å². The summed E-state index contributed by atoms with van der Waals surface area (Å²) in [6, 6.07) is -0.469. The minimum atomic E-state index is -0.745. The van der Waals surface area contributed by atoms with E-state index in [9.17, 15) is 10.2 Å². The zero-order chi connectivity index (χ0) is 28.2. The van der Waals surface area contributed by atoms with Gasteiger partial charge in [0.05, 0.1) is 18.4 Å². The monoisotopic (exact) mass is 548 g/mol. The van der Waals surface area contributed by atoms with Crippen molar-refractivity contribution in [1.82, 2.24) is 15.0 Å². The van der Waals surface area contributed by atoms with E-state index in [1.165, 1.54) is 135 Å². The largest absolute Gasteiger partial charge is 0.394 e. The number of allylic oxidation sites excluding steroid dienone is 1. The van der Waals surface area contributed by atoms with Gasteiger partial charge in [-0.25, -0.2) is 4.68 Å². The van der Waals surface area contributed by atoms with Gasteiger partial charge >= 0.3 is 0 Å². The maximum atomic E-state index is 10.3. The third-order valence-corrected chi connectivity index (χ3v) is 8.05. The molecule has 0 fully saturated rings. The molecule has 0 aromatic carbocycles. The predicted octanol–water partition coefficient (Wildman–Crippen LogP) is 9.67. The summed E-state index contributed by atoms with van der Waals surface area (Å²) in [6.07, 6.45) is 38.6. The highest BCUT2D eigenvalue weighted by molar-refractivity contribution is 4.98. The van der Waals surface area contributed by atoms with Crippen LogP contribution in [0.15, 0.2) is 18.3 Å². The lowest BCUT2D eigenvalue weighted by atomic mass is 10.0. The van der Waals surface area contributed by atoms with Crippen LogP contribution in [0.25, 0.3) is 0 Å². The van der Waals surface area contributed by atoms with Crippen LogP contribution in [0.1, 0.15) is 180 Å².